The third-order valence-corrected chi connectivity index (χ3v) is 4.18. The fraction of sp³-hybridized carbons (Fsp3) is 0.0909. The van der Waals surface area contributed by atoms with Crippen molar-refractivity contribution in [2.45, 2.75) is 16.7 Å². The van der Waals surface area contributed by atoms with E-state index in [-0.39, 0.29) is 16.3 Å². The van der Waals surface area contributed by atoms with Gasteiger partial charge in [0.15, 0.2) is 0 Å². The summed E-state index contributed by atoms with van der Waals surface area (Å²) < 4.78 is 37.8. The van der Waals surface area contributed by atoms with E-state index in [1.165, 1.54) is 23.0 Å². The van der Waals surface area contributed by atoms with Crippen LogP contribution in [0.5, 0.6) is 0 Å². The topological polar surface area (TPSA) is 115 Å². The van der Waals surface area contributed by atoms with Gasteiger partial charge in [-0.05, 0) is 25.1 Å². The molecule has 0 aliphatic heterocycles. The molecule has 0 spiro atoms. The molecule has 0 fully saturated rings. The Hall–Kier alpha value is -1.94. The number of nitrogens with zero attached hydrogens (tertiary/aromatic N) is 3. The third kappa shape index (κ3) is 3.28. The Labute approximate surface area is 129 Å². The summed E-state index contributed by atoms with van der Waals surface area (Å²) in [5.41, 5.74) is 0.678. The number of aromatic nitrogens is 2. The highest BCUT2D eigenvalue weighted by Crippen LogP contribution is 2.30. The molecule has 2 N–H and O–H groups in total. The second-order valence-electron chi connectivity index (χ2n) is 3.97. The number of hydrogen-bond donors (Lipinski definition) is 2. The van der Waals surface area contributed by atoms with E-state index in [2.05, 4.69) is 19.3 Å². The normalized spacial score (nSPS) is 11.4. The third-order valence-electron chi connectivity index (χ3n) is 2.70. The molecule has 11 heteroatoms. The number of rotatable bonds is 5. The van der Waals surface area contributed by atoms with Crippen molar-refractivity contribution in [1.29, 1.82) is 0 Å². The van der Waals surface area contributed by atoms with Gasteiger partial charge in [-0.2, -0.15) is 13.5 Å². The minimum atomic E-state index is -4.50. The Bertz CT molecular complexity index is 840. The zero-order valence-corrected chi connectivity index (χ0v) is 12.6. The maximum atomic E-state index is 11.5. The van der Waals surface area contributed by atoms with Crippen molar-refractivity contribution in [3.8, 4) is 5.69 Å². The van der Waals surface area contributed by atoms with E-state index in [9.17, 15) is 13.0 Å². The molecule has 0 unspecified atom stereocenters. The van der Waals surface area contributed by atoms with Crippen molar-refractivity contribution >= 4 is 27.8 Å². The highest BCUT2D eigenvalue weighted by atomic mass is 32.2. The van der Waals surface area contributed by atoms with Gasteiger partial charge in [0.05, 0.1) is 30.5 Å². The highest BCUT2D eigenvalue weighted by molar-refractivity contribution is 7.94. The molecule has 1 aromatic heterocycles. The molecule has 0 saturated carbocycles. The van der Waals surface area contributed by atoms with E-state index in [4.69, 9.17) is 11.8 Å². The largest absolute Gasteiger partial charge is 0.296 e. The SMILES string of the molecule is [C-]#[N+]c1cnn(-c2cc(SOOO)ccc2S(=O)(=O)O)c1C. The Morgan fingerprint density at radius 1 is 1.45 bits per heavy atom. The van der Waals surface area contributed by atoms with Gasteiger partial charge in [-0.1, -0.05) is 5.04 Å². The fourth-order valence-corrected chi connectivity index (χ4v) is 2.78. The Balaban J connectivity index is 2.64. The maximum Gasteiger partial charge on any atom is 0.296 e. The zero-order chi connectivity index (χ0) is 16.3. The molecule has 1 aromatic carbocycles. The quantitative estimate of drug-likeness (QED) is 0.280. The van der Waals surface area contributed by atoms with Crippen molar-refractivity contribution < 1.29 is 27.6 Å². The van der Waals surface area contributed by atoms with Crippen LogP contribution in [-0.2, 0) is 19.5 Å². The minimum absolute atomic E-state index is 0.0291. The first kappa shape index (κ1) is 16.4. The van der Waals surface area contributed by atoms with Crippen LogP contribution in [-0.4, -0.2) is 28.0 Å². The van der Waals surface area contributed by atoms with Gasteiger partial charge >= 0.3 is 0 Å². The van der Waals surface area contributed by atoms with Crippen LogP contribution in [0.1, 0.15) is 5.69 Å². The first-order chi connectivity index (χ1) is 10.4. The summed E-state index contributed by atoms with van der Waals surface area (Å²) in [6.07, 6.45) is 1.28. The second-order valence-corrected chi connectivity index (χ2v) is 6.13. The van der Waals surface area contributed by atoms with Crippen LogP contribution in [0.2, 0.25) is 0 Å². The van der Waals surface area contributed by atoms with E-state index >= 15 is 0 Å². The predicted molar refractivity (Wildman–Crippen MR) is 75.0 cm³/mol. The summed E-state index contributed by atoms with van der Waals surface area (Å²) in [6.45, 7) is 8.59. The zero-order valence-electron chi connectivity index (χ0n) is 11.0. The minimum Gasteiger partial charge on any atom is -0.282 e. The van der Waals surface area contributed by atoms with E-state index < -0.39 is 10.1 Å². The van der Waals surface area contributed by atoms with Gasteiger partial charge in [-0.3, -0.25) is 4.55 Å². The van der Waals surface area contributed by atoms with Crippen LogP contribution >= 0.6 is 12.0 Å². The Morgan fingerprint density at radius 2 is 2.18 bits per heavy atom. The molecule has 9 nitrogen and oxygen atoms in total. The van der Waals surface area contributed by atoms with Crippen molar-refractivity contribution in [3.63, 3.8) is 0 Å². The molecule has 0 bridgehead atoms. The van der Waals surface area contributed by atoms with Crippen molar-refractivity contribution in [3.05, 3.63) is 41.5 Å². The highest BCUT2D eigenvalue weighted by Gasteiger charge is 2.20. The average molecular weight is 343 g/mol. The second kappa shape index (κ2) is 6.44. The van der Waals surface area contributed by atoms with Crippen LogP contribution in [0.25, 0.3) is 10.5 Å². The lowest BCUT2D eigenvalue weighted by molar-refractivity contribution is -0.432. The van der Waals surface area contributed by atoms with Crippen molar-refractivity contribution in [1.82, 2.24) is 9.78 Å². The van der Waals surface area contributed by atoms with Gasteiger partial charge in [0.2, 0.25) is 5.69 Å². The predicted octanol–water partition coefficient (Wildman–Crippen LogP) is 2.41. The molecule has 2 rings (SSSR count). The van der Waals surface area contributed by atoms with Crippen LogP contribution in [0.3, 0.4) is 0 Å². The number of hydrogen-bond acceptors (Lipinski definition) is 7. The Morgan fingerprint density at radius 3 is 2.73 bits per heavy atom. The molecule has 0 radical (unpaired) electrons. The molecule has 2 aromatic rings. The lowest BCUT2D eigenvalue weighted by Gasteiger charge is -2.11. The van der Waals surface area contributed by atoms with E-state index in [1.807, 2.05) is 0 Å². The van der Waals surface area contributed by atoms with Gasteiger partial charge in [-0.25, -0.2) is 14.8 Å². The van der Waals surface area contributed by atoms with Gasteiger partial charge in [-0.15, -0.1) is 4.33 Å². The van der Waals surface area contributed by atoms with Gasteiger partial charge in [0.1, 0.15) is 4.90 Å². The van der Waals surface area contributed by atoms with Crippen molar-refractivity contribution in [2.24, 2.45) is 0 Å². The lowest BCUT2D eigenvalue weighted by Crippen LogP contribution is -2.08. The average Bonchev–Trinajstić information content (AvgIpc) is 2.84. The van der Waals surface area contributed by atoms with Crippen LogP contribution < -0.4 is 0 Å². The van der Waals surface area contributed by atoms with E-state index in [1.54, 1.807) is 6.92 Å². The summed E-state index contributed by atoms with van der Waals surface area (Å²) in [6, 6.07) is 3.83. The summed E-state index contributed by atoms with van der Waals surface area (Å²) in [5.74, 6) is 0. The summed E-state index contributed by atoms with van der Waals surface area (Å²) >= 11 is 0.617. The van der Waals surface area contributed by atoms with Crippen LogP contribution in [0.15, 0.2) is 34.2 Å². The number of benzene rings is 1. The van der Waals surface area contributed by atoms with E-state index in [0.717, 1.165) is 6.07 Å². The van der Waals surface area contributed by atoms with E-state index in [0.29, 0.717) is 22.6 Å². The van der Waals surface area contributed by atoms with Gasteiger partial charge in [0.25, 0.3) is 10.1 Å². The Kier molecular flexibility index (Phi) is 4.81. The van der Waals surface area contributed by atoms with Gasteiger partial charge in [0, 0.05) is 10.6 Å². The first-order valence-corrected chi connectivity index (χ1v) is 7.75. The summed E-state index contributed by atoms with van der Waals surface area (Å²) in [7, 11) is -4.50. The van der Waals surface area contributed by atoms with Crippen molar-refractivity contribution in [2.75, 3.05) is 0 Å². The molecule has 1 heterocycles. The molecule has 0 saturated heterocycles. The molecule has 0 aliphatic rings. The smallest absolute Gasteiger partial charge is 0.282 e. The van der Waals surface area contributed by atoms with Gasteiger partial charge < -0.3 is 0 Å². The molecular weight excluding hydrogens is 334 g/mol. The fourth-order valence-electron chi connectivity index (χ4n) is 1.74. The standard InChI is InChI=1S/C11H9N3O6S2/c1-7-9(12-2)6-13-14(7)10-5-8(21-20-19-15)3-4-11(10)22(16,17)18/h3-6,15H,1H3,(H,16,17,18). The first-order valence-electron chi connectivity index (χ1n) is 5.57. The summed E-state index contributed by atoms with van der Waals surface area (Å²) in [4.78, 5) is 3.24. The van der Waals surface area contributed by atoms with Crippen LogP contribution in [0.4, 0.5) is 5.69 Å². The molecule has 22 heavy (non-hydrogen) atoms. The molecular formula is C11H9N3O6S2. The molecule has 0 aliphatic carbocycles. The van der Waals surface area contributed by atoms with Crippen LogP contribution in [0, 0.1) is 13.5 Å². The maximum absolute atomic E-state index is 11.5. The lowest BCUT2D eigenvalue weighted by atomic mass is 10.3. The molecule has 0 atom stereocenters. The molecule has 116 valence electrons. The molecule has 0 amide bonds. The monoisotopic (exact) mass is 343 g/mol. The summed E-state index contributed by atoms with van der Waals surface area (Å²) in [5, 5.41) is 15.6.